The average Bonchev–Trinajstić information content (AvgIpc) is 3.20. The summed E-state index contributed by atoms with van der Waals surface area (Å²) in [4.78, 5) is 25.2. The van der Waals surface area contributed by atoms with Gasteiger partial charge in [0.1, 0.15) is 23.0 Å². The lowest BCUT2D eigenvalue weighted by atomic mass is 9.94. The zero-order valence-electron chi connectivity index (χ0n) is 16.7. The quantitative estimate of drug-likeness (QED) is 0.774. The molecule has 2 N–H and O–H groups in total. The summed E-state index contributed by atoms with van der Waals surface area (Å²) in [5.41, 5.74) is 3.48. The summed E-state index contributed by atoms with van der Waals surface area (Å²) in [6.07, 6.45) is 8.04. The maximum atomic E-state index is 12.6. The second-order valence-electron chi connectivity index (χ2n) is 7.80. The van der Waals surface area contributed by atoms with Crippen LogP contribution in [0.25, 0.3) is 0 Å². The topological polar surface area (TPSA) is 84.5 Å². The number of carbonyl (C=O) groups is 2. The predicted octanol–water partition coefficient (Wildman–Crippen LogP) is 3.41. The lowest BCUT2D eigenvalue weighted by molar-refractivity contribution is 0.0925. The van der Waals surface area contributed by atoms with Gasteiger partial charge in [0.15, 0.2) is 0 Å². The minimum atomic E-state index is -0.115. The van der Waals surface area contributed by atoms with Crippen molar-refractivity contribution in [2.75, 3.05) is 13.1 Å². The van der Waals surface area contributed by atoms with E-state index < -0.39 is 0 Å². The van der Waals surface area contributed by atoms with Crippen molar-refractivity contribution in [1.82, 2.24) is 10.6 Å². The van der Waals surface area contributed by atoms with Gasteiger partial charge in [0.25, 0.3) is 11.8 Å². The van der Waals surface area contributed by atoms with Crippen LogP contribution in [0.15, 0.2) is 8.83 Å². The lowest BCUT2D eigenvalue weighted by Crippen LogP contribution is -2.35. The van der Waals surface area contributed by atoms with E-state index in [0.717, 1.165) is 74.0 Å². The summed E-state index contributed by atoms with van der Waals surface area (Å²) in [6.45, 7) is 4.45. The van der Waals surface area contributed by atoms with E-state index in [-0.39, 0.29) is 11.8 Å². The van der Waals surface area contributed by atoms with Gasteiger partial charge in [0.05, 0.1) is 11.1 Å². The molecule has 6 nitrogen and oxygen atoms in total. The number of fused-ring (bicyclic) bond motifs is 2. The van der Waals surface area contributed by atoms with Gasteiger partial charge in [0.2, 0.25) is 0 Å². The van der Waals surface area contributed by atoms with Crippen molar-refractivity contribution in [3.05, 3.63) is 45.3 Å². The first-order chi connectivity index (χ1) is 13.6. The van der Waals surface area contributed by atoms with Crippen LogP contribution < -0.4 is 10.6 Å². The van der Waals surface area contributed by atoms with E-state index in [4.69, 9.17) is 8.83 Å². The highest BCUT2D eigenvalue weighted by Gasteiger charge is 2.26. The Kier molecular flexibility index (Phi) is 5.29. The third-order valence-electron chi connectivity index (χ3n) is 5.84. The van der Waals surface area contributed by atoms with Crippen LogP contribution in [0.1, 0.15) is 80.6 Å². The van der Waals surface area contributed by atoms with Crippen molar-refractivity contribution in [2.24, 2.45) is 0 Å². The van der Waals surface area contributed by atoms with Gasteiger partial charge in [-0.05, 0) is 52.4 Å². The van der Waals surface area contributed by atoms with Crippen LogP contribution in [0.5, 0.6) is 0 Å². The molecule has 4 rings (SSSR count). The summed E-state index contributed by atoms with van der Waals surface area (Å²) in [6, 6.07) is 0. The van der Waals surface area contributed by atoms with E-state index in [2.05, 4.69) is 10.6 Å². The number of carbonyl (C=O) groups excluding carboxylic acids is 2. The normalized spacial score (nSPS) is 15.6. The number of aryl methyl sites for hydroxylation is 4. The van der Waals surface area contributed by atoms with E-state index in [1.54, 1.807) is 0 Å². The van der Waals surface area contributed by atoms with Crippen LogP contribution in [-0.2, 0) is 25.7 Å². The van der Waals surface area contributed by atoms with Gasteiger partial charge in [-0.2, -0.15) is 0 Å². The Balaban J connectivity index is 1.33. The fraction of sp³-hybridized carbons (Fsp3) is 0.545. The summed E-state index contributed by atoms with van der Waals surface area (Å²) >= 11 is 0. The molecule has 2 aliphatic rings. The molecule has 0 bridgehead atoms. The highest BCUT2D eigenvalue weighted by molar-refractivity contribution is 5.98. The second-order valence-corrected chi connectivity index (χ2v) is 7.80. The van der Waals surface area contributed by atoms with E-state index in [0.29, 0.717) is 35.7 Å². The molecule has 0 aromatic carbocycles. The van der Waals surface area contributed by atoms with Crippen LogP contribution in [0.2, 0.25) is 0 Å². The van der Waals surface area contributed by atoms with Crippen molar-refractivity contribution in [2.45, 2.75) is 65.2 Å². The molecule has 0 atom stereocenters. The SMILES string of the molecule is Cc1oc2c(c1C(=O)NCCNC(=O)c1c(C)oc3c1CCCC3)CCCC2. The molecular weight excluding hydrogens is 356 g/mol. The number of furan rings is 2. The van der Waals surface area contributed by atoms with Gasteiger partial charge < -0.3 is 19.5 Å². The standard InChI is InChI=1S/C22H28N2O4/c1-13-19(15-7-3-5-9-17(15)27-13)21(25)23-11-12-24-22(26)20-14(2)28-18-10-6-4-8-16(18)20/h3-12H2,1-2H3,(H,23,25)(H,24,26). The lowest BCUT2D eigenvalue weighted by Gasteiger charge is -2.12. The zero-order chi connectivity index (χ0) is 19.7. The summed E-state index contributed by atoms with van der Waals surface area (Å²) < 4.78 is 11.6. The first-order valence-electron chi connectivity index (χ1n) is 10.3. The molecule has 0 radical (unpaired) electrons. The molecule has 28 heavy (non-hydrogen) atoms. The first-order valence-corrected chi connectivity index (χ1v) is 10.3. The second kappa shape index (κ2) is 7.86. The molecule has 0 saturated heterocycles. The van der Waals surface area contributed by atoms with Crippen LogP contribution in [0.3, 0.4) is 0 Å². The smallest absolute Gasteiger partial charge is 0.255 e. The monoisotopic (exact) mass is 384 g/mol. The molecule has 6 heteroatoms. The van der Waals surface area contributed by atoms with Gasteiger partial charge in [0, 0.05) is 37.1 Å². The number of rotatable bonds is 5. The molecule has 0 fully saturated rings. The molecule has 0 saturated carbocycles. The van der Waals surface area contributed by atoms with Crippen LogP contribution in [0.4, 0.5) is 0 Å². The highest BCUT2D eigenvalue weighted by atomic mass is 16.3. The summed E-state index contributed by atoms with van der Waals surface area (Å²) in [7, 11) is 0. The zero-order valence-corrected chi connectivity index (χ0v) is 16.7. The minimum Gasteiger partial charge on any atom is -0.465 e. The van der Waals surface area contributed by atoms with Crippen LogP contribution >= 0.6 is 0 Å². The largest absolute Gasteiger partial charge is 0.465 e. The third-order valence-corrected chi connectivity index (χ3v) is 5.84. The van der Waals surface area contributed by atoms with Gasteiger partial charge in [-0.3, -0.25) is 9.59 Å². The maximum Gasteiger partial charge on any atom is 0.255 e. The number of nitrogens with one attached hydrogen (secondary N) is 2. The van der Waals surface area contributed by atoms with E-state index in [1.807, 2.05) is 13.8 Å². The predicted molar refractivity (Wildman–Crippen MR) is 105 cm³/mol. The maximum absolute atomic E-state index is 12.6. The summed E-state index contributed by atoms with van der Waals surface area (Å²) in [5.74, 6) is 3.07. The molecule has 2 heterocycles. The number of hydrogen-bond acceptors (Lipinski definition) is 4. The van der Waals surface area contributed by atoms with E-state index in [1.165, 1.54) is 0 Å². The molecule has 0 unspecified atom stereocenters. The molecular formula is C22H28N2O4. The third kappa shape index (κ3) is 3.48. The molecule has 150 valence electrons. The summed E-state index contributed by atoms with van der Waals surface area (Å²) in [5, 5.41) is 5.83. The number of hydrogen-bond donors (Lipinski definition) is 2. The van der Waals surface area contributed by atoms with Gasteiger partial charge in [-0.25, -0.2) is 0 Å². The van der Waals surface area contributed by atoms with E-state index >= 15 is 0 Å². The number of amides is 2. The van der Waals surface area contributed by atoms with Crippen molar-refractivity contribution in [1.29, 1.82) is 0 Å². The highest BCUT2D eigenvalue weighted by Crippen LogP contribution is 2.30. The molecule has 0 spiro atoms. The minimum absolute atomic E-state index is 0.115. The van der Waals surface area contributed by atoms with Gasteiger partial charge in [-0.15, -0.1) is 0 Å². The van der Waals surface area contributed by atoms with Crippen molar-refractivity contribution >= 4 is 11.8 Å². The Morgan fingerprint density at radius 2 is 1.11 bits per heavy atom. The fourth-order valence-corrected chi connectivity index (χ4v) is 4.53. The Bertz CT molecular complexity index is 832. The van der Waals surface area contributed by atoms with Gasteiger partial charge >= 0.3 is 0 Å². The Morgan fingerprint density at radius 3 is 1.54 bits per heavy atom. The molecule has 2 amide bonds. The van der Waals surface area contributed by atoms with Crippen molar-refractivity contribution in [3.63, 3.8) is 0 Å². The molecule has 2 aromatic heterocycles. The molecule has 2 aliphatic carbocycles. The first kappa shape index (κ1) is 18.8. The fourth-order valence-electron chi connectivity index (χ4n) is 4.53. The Hall–Kier alpha value is -2.50. The van der Waals surface area contributed by atoms with Gasteiger partial charge in [-0.1, -0.05) is 0 Å². The molecule has 2 aromatic rings. The Labute approximate surface area is 165 Å². The van der Waals surface area contributed by atoms with E-state index in [9.17, 15) is 9.59 Å². The van der Waals surface area contributed by atoms with Crippen molar-refractivity contribution < 1.29 is 18.4 Å². The van der Waals surface area contributed by atoms with Crippen molar-refractivity contribution in [3.8, 4) is 0 Å². The van der Waals surface area contributed by atoms with Crippen LogP contribution in [0, 0.1) is 13.8 Å². The molecule has 0 aliphatic heterocycles. The van der Waals surface area contributed by atoms with Crippen LogP contribution in [-0.4, -0.2) is 24.9 Å². The average molecular weight is 384 g/mol. The Morgan fingerprint density at radius 1 is 0.714 bits per heavy atom.